The molecule has 1 aliphatic heterocycles. The lowest BCUT2D eigenvalue weighted by Gasteiger charge is -2.32. The van der Waals surface area contributed by atoms with Crippen molar-refractivity contribution in [1.29, 1.82) is 0 Å². The number of methoxy groups -OCH3 is 1. The maximum atomic E-state index is 12.7. The van der Waals surface area contributed by atoms with Crippen molar-refractivity contribution in [2.75, 3.05) is 18.2 Å². The smallest absolute Gasteiger partial charge is 0.227 e. The van der Waals surface area contributed by atoms with E-state index in [2.05, 4.69) is 22.3 Å². The highest BCUT2D eigenvalue weighted by Gasteiger charge is 2.36. The summed E-state index contributed by atoms with van der Waals surface area (Å²) >= 11 is 1.60. The summed E-state index contributed by atoms with van der Waals surface area (Å²) in [5.41, 5.74) is 2.78. The monoisotopic (exact) mass is 356 g/mol. The highest BCUT2D eigenvalue weighted by Crippen LogP contribution is 2.41. The van der Waals surface area contributed by atoms with E-state index in [0.29, 0.717) is 12.4 Å². The second kappa shape index (κ2) is 6.55. The summed E-state index contributed by atoms with van der Waals surface area (Å²) in [6.07, 6.45) is 2.33. The van der Waals surface area contributed by atoms with Crippen LogP contribution in [0.25, 0.3) is 0 Å². The van der Waals surface area contributed by atoms with E-state index in [1.165, 1.54) is 0 Å². The summed E-state index contributed by atoms with van der Waals surface area (Å²) in [6, 6.07) is 7.59. The Morgan fingerprint density at radius 3 is 3.08 bits per heavy atom. The molecule has 0 saturated carbocycles. The normalized spacial score (nSPS) is 19.3. The molecule has 4 rings (SSSR count). The van der Waals surface area contributed by atoms with Gasteiger partial charge in [-0.2, -0.15) is 4.98 Å². The molecule has 1 N–H and O–H groups in total. The van der Waals surface area contributed by atoms with E-state index in [4.69, 9.17) is 4.74 Å². The highest BCUT2D eigenvalue weighted by molar-refractivity contribution is 7.99. The van der Waals surface area contributed by atoms with Gasteiger partial charge in [0.25, 0.3) is 0 Å². The molecular weight excluding hydrogens is 336 g/mol. The third kappa shape index (κ3) is 2.82. The van der Waals surface area contributed by atoms with E-state index in [1.807, 2.05) is 28.9 Å². The fraction of sp³-hybridized carbons (Fsp3) is 0.389. The molecule has 0 radical (unpaired) electrons. The minimum Gasteiger partial charge on any atom is -0.497 e. The zero-order chi connectivity index (χ0) is 17.4. The Morgan fingerprint density at radius 1 is 1.40 bits per heavy atom. The van der Waals surface area contributed by atoms with Gasteiger partial charge in [0, 0.05) is 17.7 Å². The van der Waals surface area contributed by atoms with Gasteiger partial charge >= 0.3 is 0 Å². The SMILES string of the molecule is CCSc1nc2n(n1)[C@@H](c1cccc(OC)c1)C1=C(CCCC1=O)N2. The molecule has 1 aromatic heterocycles. The number of ketones is 1. The predicted octanol–water partition coefficient (Wildman–Crippen LogP) is 3.42. The first-order valence-corrected chi connectivity index (χ1v) is 9.46. The van der Waals surface area contributed by atoms with Crippen LogP contribution in [0, 0.1) is 0 Å². The molecule has 0 spiro atoms. The quantitative estimate of drug-likeness (QED) is 0.847. The van der Waals surface area contributed by atoms with Gasteiger partial charge in [-0.15, -0.1) is 5.10 Å². The number of carbonyl (C=O) groups excluding carboxylic acids is 1. The van der Waals surface area contributed by atoms with Crippen LogP contribution in [0.5, 0.6) is 5.75 Å². The summed E-state index contributed by atoms with van der Waals surface area (Å²) in [7, 11) is 1.65. The van der Waals surface area contributed by atoms with Crippen molar-refractivity contribution >= 4 is 23.5 Å². The van der Waals surface area contributed by atoms with Gasteiger partial charge in [-0.3, -0.25) is 4.79 Å². The minimum atomic E-state index is -0.257. The molecule has 7 heteroatoms. The number of ether oxygens (including phenoxy) is 1. The van der Waals surface area contributed by atoms with Crippen molar-refractivity contribution in [3.05, 3.63) is 41.1 Å². The number of hydrogen-bond acceptors (Lipinski definition) is 6. The molecule has 0 bridgehead atoms. The molecule has 1 atom stereocenters. The van der Waals surface area contributed by atoms with Gasteiger partial charge < -0.3 is 10.1 Å². The van der Waals surface area contributed by atoms with Gasteiger partial charge in [-0.1, -0.05) is 30.8 Å². The molecule has 2 aliphatic rings. The zero-order valence-corrected chi connectivity index (χ0v) is 15.1. The van der Waals surface area contributed by atoms with Crippen molar-refractivity contribution < 1.29 is 9.53 Å². The van der Waals surface area contributed by atoms with Crippen LogP contribution < -0.4 is 10.1 Å². The number of Topliss-reactive ketones (excluding diaryl/α,β-unsaturated/α-hetero) is 1. The lowest BCUT2D eigenvalue weighted by molar-refractivity contribution is -0.116. The second-order valence-corrected chi connectivity index (χ2v) is 7.30. The van der Waals surface area contributed by atoms with Crippen molar-refractivity contribution in [3.63, 3.8) is 0 Å². The summed E-state index contributed by atoms with van der Waals surface area (Å²) in [5, 5.41) is 8.73. The molecule has 1 aliphatic carbocycles. The van der Waals surface area contributed by atoms with Crippen LogP contribution >= 0.6 is 11.8 Å². The van der Waals surface area contributed by atoms with E-state index in [9.17, 15) is 4.79 Å². The largest absolute Gasteiger partial charge is 0.497 e. The Labute approximate surface area is 150 Å². The molecule has 1 aromatic carbocycles. The van der Waals surface area contributed by atoms with Crippen LogP contribution in [0.3, 0.4) is 0 Å². The molecule has 0 saturated heterocycles. The number of benzene rings is 1. The van der Waals surface area contributed by atoms with Crippen molar-refractivity contribution in [3.8, 4) is 5.75 Å². The number of thioether (sulfide) groups is 1. The third-order valence-electron chi connectivity index (χ3n) is 4.53. The first-order chi connectivity index (χ1) is 12.2. The number of rotatable bonds is 4. The Bertz CT molecular complexity index is 859. The molecule has 2 aromatic rings. The van der Waals surface area contributed by atoms with Gasteiger partial charge in [0.2, 0.25) is 11.1 Å². The van der Waals surface area contributed by atoms with Crippen LogP contribution in [0.4, 0.5) is 5.95 Å². The van der Waals surface area contributed by atoms with E-state index in [-0.39, 0.29) is 11.8 Å². The zero-order valence-electron chi connectivity index (χ0n) is 14.3. The molecule has 6 nitrogen and oxygen atoms in total. The number of carbonyl (C=O) groups is 1. The predicted molar refractivity (Wildman–Crippen MR) is 97.1 cm³/mol. The number of nitrogens with one attached hydrogen (secondary N) is 1. The Balaban J connectivity index is 1.87. The molecule has 130 valence electrons. The van der Waals surface area contributed by atoms with E-state index >= 15 is 0 Å². The molecule has 0 unspecified atom stereocenters. The first-order valence-electron chi connectivity index (χ1n) is 8.47. The summed E-state index contributed by atoms with van der Waals surface area (Å²) < 4.78 is 7.22. The van der Waals surface area contributed by atoms with Crippen molar-refractivity contribution in [2.45, 2.75) is 37.4 Å². The lowest BCUT2D eigenvalue weighted by atomic mass is 9.85. The lowest BCUT2D eigenvalue weighted by Crippen LogP contribution is -2.31. The third-order valence-corrected chi connectivity index (χ3v) is 5.25. The van der Waals surface area contributed by atoms with E-state index in [0.717, 1.165) is 46.3 Å². The van der Waals surface area contributed by atoms with Gasteiger partial charge in [-0.25, -0.2) is 4.68 Å². The average Bonchev–Trinajstić information content (AvgIpc) is 3.02. The summed E-state index contributed by atoms with van der Waals surface area (Å²) in [6.45, 7) is 2.07. The molecule has 25 heavy (non-hydrogen) atoms. The molecular formula is C18H20N4O2S. The fourth-order valence-electron chi connectivity index (χ4n) is 3.45. The van der Waals surface area contributed by atoms with Crippen LogP contribution in [0.2, 0.25) is 0 Å². The number of nitrogens with zero attached hydrogens (tertiary/aromatic N) is 3. The maximum Gasteiger partial charge on any atom is 0.227 e. The Hall–Kier alpha value is -2.28. The van der Waals surface area contributed by atoms with Gasteiger partial charge in [0.05, 0.1) is 7.11 Å². The Kier molecular flexibility index (Phi) is 4.25. The van der Waals surface area contributed by atoms with Gasteiger partial charge in [0.1, 0.15) is 11.8 Å². The summed E-state index contributed by atoms with van der Waals surface area (Å²) in [5.74, 6) is 2.57. The van der Waals surface area contributed by atoms with Crippen LogP contribution in [0.15, 0.2) is 40.7 Å². The minimum absolute atomic E-state index is 0.187. The second-order valence-electron chi connectivity index (χ2n) is 6.07. The highest BCUT2D eigenvalue weighted by atomic mass is 32.2. The first kappa shape index (κ1) is 16.2. The number of allylic oxidation sites excluding steroid dienone is 2. The molecule has 2 heterocycles. The van der Waals surface area contributed by atoms with E-state index in [1.54, 1.807) is 18.9 Å². The fourth-order valence-corrected chi connectivity index (χ4v) is 4.00. The van der Waals surface area contributed by atoms with Crippen molar-refractivity contribution in [1.82, 2.24) is 14.8 Å². The van der Waals surface area contributed by atoms with Crippen LogP contribution in [0.1, 0.15) is 37.8 Å². The Morgan fingerprint density at radius 2 is 2.28 bits per heavy atom. The average molecular weight is 356 g/mol. The topological polar surface area (TPSA) is 69.0 Å². The van der Waals surface area contributed by atoms with Gasteiger partial charge in [-0.05, 0) is 36.3 Å². The standard InChI is InChI=1S/C18H20N4O2S/c1-3-25-18-20-17-19-13-8-5-9-14(23)15(13)16(22(17)21-18)11-6-4-7-12(10-11)24-2/h4,6-7,10,16H,3,5,8-9H2,1-2H3,(H,19,20,21)/t16-/m0/s1. The number of hydrogen-bond donors (Lipinski definition) is 1. The number of aromatic nitrogens is 3. The molecule has 0 fully saturated rings. The maximum absolute atomic E-state index is 12.7. The van der Waals surface area contributed by atoms with Crippen LogP contribution in [-0.4, -0.2) is 33.4 Å². The van der Waals surface area contributed by atoms with E-state index < -0.39 is 0 Å². The van der Waals surface area contributed by atoms with Crippen LogP contribution in [-0.2, 0) is 4.79 Å². The summed E-state index contributed by atoms with van der Waals surface area (Å²) in [4.78, 5) is 17.3. The van der Waals surface area contributed by atoms with Gasteiger partial charge in [0.15, 0.2) is 5.78 Å². The molecule has 0 amide bonds. The number of anilines is 1. The number of fused-ring (bicyclic) bond motifs is 1. The van der Waals surface area contributed by atoms with Crippen molar-refractivity contribution in [2.24, 2.45) is 0 Å².